The fourth-order valence-electron chi connectivity index (χ4n) is 1.15. The van der Waals surface area contributed by atoms with Gasteiger partial charge in [0.05, 0.1) is 11.2 Å². The van der Waals surface area contributed by atoms with Gasteiger partial charge in [-0.2, -0.15) is 11.8 Å². The van der Waals surface area contributed by atoms with Crippen LogP contribution in [0.15, 0.2) is 4.99 Å². The molecule has 0 N–H and O–H groups in total. The molecule has 0 aromatic heterocycles. The van der Waals surface area contributed by atoms with Gasteiger partial charge < -0.3 is 0 Å². The van der Waals surface area contributed by atoms with Gasteiger partial charge in [0, 0.05) is 5.25 Å². The molecular formula is C7H11NS2. The molecule has 0 aliphatic carbocycles. The van der Waals surface area contributed by atoms with Gasteiger partial charge in [-0.25, -0.2) is 4.99 Å². The van der Waals surface area contributed by atoms with Gasteiger partial charge in [0.25, 0.3) is 0 Å². The number of hydrogen-bond acceptors (Lipinski definition) is 3. The summed E-state index contributed by atoms with van der Waals surface area (Å²) in [5, 5.41) is 3.14. The lowest BCUT2D eigenvalue weighted by atomic mass is 10.1. The SMILES string of the molecule is CC(N=C=S)C1CCCS1. The second-order valence-corrected chi connectivity index (χ2v) is 4.04. The van der Waals surface area contributed by atoms with E-state index in [2.05, 4.69) is 29.3 Å². The van der Waals surface area contributed by atoms with Crippen LogP contribution in [0, 0.1) is 0 Å². The minimum Gasteiger partial charge on any atom is -0.228 e. The molecule has 10 heavy (non-hydrogen) atoms. The van der Waals surface area contributed by atoms with E-state index in [1.54, 1.807) is 0 Å². The van der Waals surface area contributed by atoms with Gasteiger partial charge in [-0.15, -0.1) is 0 Å². The highest BCUT2D eigenvalue weighted by atomic mass is 32.2. The van der Waals surface area contributed by atoms with E-state index in [1.807, 2.05) is 11.8 Å². The number of isothiocyanates is 1. The summed E-state index contributed by atoms with van der Waals surface area (Å²) in [4.78, 5) is 4.05. The second-order valence-electron chi connectivity index (χ2n) is 2.51. The molecule has 0 bridgehead atoms. The van der Waals surface area contributed by atoms with Crippen molar-refractivity contribution in [3.8, 4) is 0 Å². The molecule has 1 nitrogen and oxygen atoms in total. The lowest BCUT2D eigenvalue weighted by Gasteiger charge is -2.10. The summed E-state index contributed by atoms with van der Waals surface area (Å²) in [6.07, 6.45) is 2.64. The van der Waals surface area contributed by atoms with Crippen molar-refractivity contribution in [2.75, 3.05) is 5.75 Å². The van der Waals surface area contributed by atoms with Crippen molar-refractivity contribution in [3.05, 3.63) is 0 Å². The molecule has 0 spiro atoms. The van der Waals surface area contributed by atoms with Gasteiger partial charge >= 0.3 is 0 Å². The first kappa shape index (κ1) is 8.25. The summed E-state index contributed by atoms with van der Waals surface area (Å²) >= 11 is 6.55. The monoisotopic (exact) mass is 173 g/mol. The van der Waals surface area contributed by atoms with Crippen LogP contribution in [0.5, 0.6) is 0 Å². The third-order valence-corrected chi connectivity index (χ3v) is 3.45. The summed E-state index contributed by atoms with van der Waals surface area (Å²) in [7, 11) is 0. The molecule has 3 heteroatoms. The first-order valence-corrected chi connectivity index (χ1v) is 4.99. The first-order valence-electron chi connectivity index (χ1n) is 3.53. The van der Waals surface area contributed by atoms with E-state index >= 15 is 0 Å². The smallest absolute Gasteiger partial charge is 0.0693 e. The lowest BCUT2D eigenvalue weighted by molar-refractivity contribution is 0.664. The second kappa shape index (κ2) is 4.12. The highest BCUT2D eigenvalue weighted by molar-refractivity contribution is 8.00. The summed E-state index contributed by atoms with van der Waals surface area (Å²) in [6.45, 7) is 2.11. The van der Waals surface area contributed by atoms with Gasteiger partial charge in [-0.3, -0.25) is 0 Å². The van der Waals surface area contributed by atoms with Crippen molar-refractivity contribution < 1.29 is 0 Å². The Morgan fingerprint density at radius 1 is 1.80 bits per heavy atom. The third kappa shape index (κ3) is 2.08. The van der Waals surface area contributed by atoms with Crippen LogP contribution in [0.1, 0.15) is 19.8 Å². The zero-order chi connectivity index (χ0) is 7.40. The molecule has 1 aliphatic rings. The van der Waals surface area contributed by atoms with Gasteiger partial charge in [-0.05, 0) is 37.7 Å². The van der Waals surface area contributed by atoms with Crippen LogP contribution in [0.2, 0.25) is 0 Å². The summed E-state index contributed by atoms with van der Waals surface area (Å²) in [5.41, 5.74) is 0. The summed E-state index contributed by atoms with van der Waals surface area (Å²) < 4.78 is 0. The van der Waals surface area contributed by atoms with Crippen molar-refractivity contribution in [1.29, 1.82) is 0 Å². The van der Waals surface area contributed by atoms with E-state index in [4.69, 9.17) is 0 Å². The maximum absolute atomic E-state index is 4.54. The number of aliphatic imine (C=N–C) groups is 1. The van der Waals surface area contributed by atoms with Crippen molar-refractivity contribution >= 4 is 29.1 Å². The average molecular weight is 173 g/mol. The van der Waals surface area contributed by atoms with Gasteiger partial charge in [0.2, 0.25) is 0 Å². The van der Waals surface area contributed by atoms with E-state index in [0.717, 1.165) is 0 Å². The largest absolute Gasteiger partial charge is 0.228 e. The average Bonchev–Trinajstić information content (AvgIpc) is 2.38. The maximum atomic E-state index is 4.54. The van der Waals surface area contributed by atoms with Crippen molar-refractivity contribution in [1.82, 2.24) is 0 Å². The van der Waals surface area contributed by atoms with Crippen molar-refractivity contribution in [3.63, 3.8) is 0 Å². The number of thioether (sulfide) groups is 1. The molecule has 1 saturated heterocycles. The van der Waals surface area contributed by atoms with Crippen LogP contribution in [-0.2, 0) is 0 Å². The van der Waals surface area contributed by atoms with Crippen LogP contribution in [-0.4, -0.2) is 22.2 Å². The van der Waals surface area contributed by atoms with Gasteiger partial charge in [0.1, 0.15) is 0 Å². The standard InChI is InChI=1S/C7H11NS2/c1-6(8-5-9)7-3-2-4-10-7/h6-7H,2-4H2,1H3. The fraction of sp³-hybridized carbons (Fsp3) is 0.857. The Labute approximate surface area is 71.3 Å². The minimum atomic E-state index is 0.380. The van der Waals surface area contributed by atoms with Crippen LogP contribution < -0.4 is 0 Å². The molecule has 0 radical (unpaired) electrons. The summed E-state index contributed by atoms with van der Waals surface area (Å²) in [5.74, 6) is 1.29. The first-order chi connectivity index (χ1) is 4.84. The molecule has 1 heterocycles. The highest BCUT2D eigenvalue weighted by Gasteiger charge is 2.20. The Morgan fingerprint density at radius 3 is 3.10 bits per heavy atom. The Balaban J connectivity index is 2.39. The molecule has 0 saturated carbocycles. The molecule has 2 atom stereocenters. The van der Waals surface area contributed by atoms with Crippen LogP contribution in [0.3, 0.4) is 0 Å². The van der Waals surface area contributed by atoms with Crippen LogP contribution >= 0.6 is 24.0 Å². The third-order valence-electron chi connectivity index (χ3n) is 1.76. The number of nitrogens with zero attached hydrogens (tertiary/aromatic N) is 1. The molecule has 0 aromatic rings. The maximum Gasteiger partial charge on any atom is 0.0693 e. The number of rotatable bonds is 2. The molecule has 1 fully saturated rings. The normalized spacial score (nSPS) is 27.5. The lowest BCUT2D eigenvalue weighted by Crippen LogP contribution is -2.13. The minimum absolute atomic E-state index is 0.380. The van der Waals surface area contributed by atoms with Crippen molar-refractivity contribution in [2.45, 2.75) is 31.1 Å². The van der Waals surface area contributed by atoms with Gasteiger partial charge in [-0.1, -0.05) is 0 Å². The van der Waals surface area contributed by atoms with Gasteiger partial charge in [0.15, 0.2) is 0 Å². The predicted molar refractivity (Wildman–Crippen MR) is 50.0 cm³/mol. The van der Waals surface area contributed by atoms with E-state index in [0.29, 0.717) is 11.3 Å². The molecule has 1 aliphatic heterocycles. The van der Waals surface area contributed by atoms with E-state index in [1.165, 1.54) is 18.6 Å². The van der Waals surface area contributed by atoms with E-state index < -0.39 is 0 Å². The van der Waals surface area contributed by atoms with Crippen LogP contribution in [0.4, 0.5) is 0 Å². The molecule has 1 rings (SSSR count). The van der Waals surface area contributed by atoms with E-state index in [9.17, 15) is 0 Å². The number of hydrogen-bond donors (Lipinski definition) is 0. The fourth-order valence-corrected chi connectivity index (χ4v) is 2.62. The van der Waals surface area contributed by atoms with Crippen molar-refractivity contribution in [2.24, 2.45) is 4.99 Å². The highest BCUT2D eigenvalue weighted by Crippen LogP contribution is 2.29. The Morgan fingerprint density at radius 2 is 2.60 bits per heavy atom. The Kier molecular flexibility index (Phi) is 3.40. The predicted octanol–water partition coefficient (Wildman–Crippen LogP) is 2.37. The molecule has 0 amide bonds. The summed E-state index contributed by atoms with van der Waals surface area (Å²) in [6, 6.07) is 0.380. The molecule has 0 aromatic carbocycles. The van der Waals surface area contributed by atoms with E-state index in [-0.39, 0.29) is 0 Å². The topological polar surface area (TPSA) is 12.4 Å². The zero-order valence-corrected chi connectivity index (χ0v) is 7.67. The zero-order valence-electron chi connectivity index (χ0n) is 6.04. The number of thiocarbonyl (C=S) groups is 1. The molecule has 56 valence electrons. The quantitative estimate of drug-likeness (QED) is 0.469. The molecule has 2 unspecified atom stereocenters. The van der Waals surface area contributed by atoms with Crippen LogP contribution in [0.25, 0.3) is 0 Å². The molecular weight excluding hydrogens is 162 g/mol. The Bertz CT molecular complexity index is 146. The Hall–Kier alpha value is 0.150.